The molecule has 0 spiro atoms. The lowest BCUT2D eigenvalue weighted by atomic mass is 10.1. The lowest BCUT2D eigenvalue weighted by molar-refractivity contribution is -0.141. The third-order valence-electron chi connectivity index (χ3n) is 2.52. The van der Waals surface area contributed by atoms with E-state index in [-0.39, 0.29) is 5.91 Å². The van der Waals surface area contributed by atoms with Crippen LogP contribution in [0.2, 0.25) is 0 Å². The van der Waals surface area contributed by atoms with Crippen molar-refractivity contribution in [1.29, 1.82) is 0 Å². The van der Waals surface area contributed by atoms with Gasteiger partial charge in [-0.25, -0.2) is 4.79 Å². The fourth-order valence-corrected chi connectivity index (χ4v) is 1.58. The van der Waals surface area contributed by atoms with Crippen molar-refractivity contribution in [3.63, 3.8) is 0 Å². The average Bonchev–Trinajstić information content (AvgIpc) is 2.36. The normalized spacial score (nSPS) is 12.9. The summed E-state index contributed by atoms with van der Waals surface area (Å²) < 4.78 is 0. The summed E-state index contributed by atoms with van der Waals surface area (Å²) in [5.74, 6) is -1.42. The van der Waals surface area contributed by atoms with Crippen LogP contribution < -0.4 is 5.32 Å². The molecule has 0 radical (unpaired) electrons. The van der Waals surface area contributed by atoms with Gasteiger partial charge >= 0.3 is 5.97 Å². The largest absolute Gasteiger partial charge is 0.479 e. The maximum absolute atomic E-state index is 11.8. The lowest BCUT2D eigenvalue weighted by Gasteiger charge is -2.15. The molecule has 4 nitrogen and oxygen atoms in total. The first-order valence-corrected chi connectivity index (χ1v) is 5.81. The van der Waals surface area contributed by atoms with E-state index in [1.165, 1.54) is 0 Å². The first kappa shape index (κ1) is 14.0. The summed E-state index contributed by atoms with van der Waals surface area (Å²) in [6, 6.07) is 7.62. The molecule has 0 aliphatic rings. The third kappa shape index (κ3) is 3.73. The van der Waals surface area contributed by atoms with E-state index in [1.54, 1.807) is 43.3 Å². The van der Waals surface area contributed by atoms with Crippen molar-refractivity contribution in [1.82, 2.24) is 5.32 Å². The van der Waals surface area contributed by atoms with Crippen LogP contribution in [-0.2, 0) is 9.59 Å². The Balaban J connectivity index is 2.86. The van der Waals surface area contributed by atoms with Gasteiger partial charge in [0.25, 0.3) is 0 Å². The van der Waals surface area contributed by atoms with Crippen LogP contribution in [0.4, 0.5) is 0 Å². The van der Waals surface area contributed by atoms with E-state index in [0.717, 1.165) is 6.42 Å². The van der Waals surface area contributed by atoms with Gasteiger partial charge in [0.1, 0.15) is 0 Å². The number of carbonyl (C=O) groups excluding carboxylic acids is 1. The zero-order chi connectivity index (χ0) is 13.5. The van der Waals surface area contributed by atoms with E-state index in [4.69, 9.17) is 5.11 Å². The number of aliphatic carboxylic acids is 1. The zero-order valence-electron chi connectivity index (χ0n) is 10.5. The van der Waals surface area contributed by atoms with Crippen LogP contribution in [0.15, 0.2) is 42.0 Å². The maximum atomic E-state index is 11.8. The van der Waals surface area contributed by atoms with Gasteiger partial charge in [-0.3, -0.25) is 4.79 Å². The maximum Gasteiger partial charge on any atom is 0.330 e. The Hall–Kier alpha value is -2.10. The molecule has 2 N–H and O–H groups in total. The number of benzene rings is 1. The molecular formula is C14H17NO3. The molecule has 0 aliphatic heterocycles. The summed E-state index contributed by atoms with van der Waals surface area (Å²) in [7, 11) is 0. The van der Waals surface area contributed by atoms with Crippen molar-refractivity contribution in [2.45, 2.75) is 26.3 Å². The first-order valence-electron chi connectivity index (χ1n) is 5.81. The molecule has 0 aromatic heterocycles. The number of carboxylic acids is 1. The van der Waals surface area contributed by atoms with Crippen molar-refractivity contribution >= 4 is 11.9 Å². The second kappa shape index (κ2) is 6.59. The van der Waals surface area contributed by atoms with Gasteiger partial charge in [0.2, 0.25) is 5.91 Å². The molecule has 1 aromatic rings. The monoisotopic (exact) mass is 247 g/mol. The molecule has 96 valence electrons. The number of allylic oxidation sites excluding steroid dienone is 1. The Labute approximate surface area is 106 Å². The average molecular weight is 247 g/mol. The number of hydrogen-bond acceptors (Lipinski definition) is 2. The van der Waals surface area contributed by atoms with Crippen LogP contribution in [0.3, 0.4) is 0 Å². The number of nitrogens with one attached hydrogen (secondary N) is 1. The van der Waals surface area contributed by atoms with Gasteiger partial charge in [0.05, 0.1) is 0 Å². The smallest absolute Gasteiger partial charge is 0.330 e. The predicted molar refractivity (Wildman–Crippen MR) is 69.0 cm³/mol. The minimum atomic E-state index is -1.07. The number of rotatable bonds is 5. The fraction of sp³-hybridized carbons (Fsp3) is 0.286. The summed E-state index contributed by atoms with van der Waals surface area (Å²) in [6.45, 7) is 3.59. The summed E-state index contributed by atoms with van der Waals surface area (Å²) in [5.41, 5.74) is 1.09. The molecule has 0 saturated carbocycles. The van der Waals surface area contributed by atoms with E-state index in [1.807, 2.05) is 6.92 Å². The van der Waals surface area contributed by atoms with Crippen molar-refractivity contribution in [2.75, 3.05) is 0 Å². The Morgan fingerprint density at radius 3 is 2.44 bits per heavy atom. The van der Waals surface area contributed by atoms with Gasteiger partial charge in [-0.15, -0.1) is 0 Å². The third-order valence-corrected chi connectivity index (χ3v) is 2.52. The molecule has 18 heavy (non-hydrogen) atoms. The highest BCUT2D eigenvalue weighted by molar-refractivity contribution is 5.95. The highest BCUT2D eigenvalue weighted by Crippen LogP contribution is 2.13. The molecule has 0 aliphatic carbocycles. The Morgan fingerprint density at radius 2 is 1.94 bits per heavy atom. The molecular weight excluding hydrogens is 230 g/mol. The van der Waals surface area contributed by atoms with E-state index >= 15 is 0 Å². The molecule has 1 atom stereocenters. The number of hydrogen-bond donors (Lipinski definition) is 2. The Bertz CT molecular complexity index is 451. The van der Waals surface area contributed by atoms with Crippen molar-refractivity contribution in [2.24, 2.45) is 0 Å². The highest BCUT2D eigenvalue weighted by Gasteiger charge is 2.21. The van der Waals surface area contributed by atoms with Crippen molar-refractivity contribution in [3.05, 3.63) is 47.5 Å². The molecule has 0 heterocycles. The Kier molecular flexibility index (Phi) is 5.11. The van der Waals surface area contributed by atoms with E-state index in [2.05, 4.69) is 5.32 Å². The molecule has 1 unspecified atom stereocenters. The first-order chi connectivity index (χ1) is 8.56. The molecule has 1 aromatic carbocycles. The second-order valence-corrected chi connectivity index (χ2v) is 3.95. The van der Waals surface area contributed by atoms with Crippen LogP contribution in [0.25, 0.3) is 0 Å². The highest BCUT2D eigenvalue weighted by atomic mass is 16.4. The zero-order valence-corrected chi connectivity index (χ0v) is 10.5. The van der Waals surface area contributed by atoms with Crippen LogP contribution in [-0.4, -0.2) is 17.0 Å². The predicted octanol–water partition coefficient (Wildman–Crippen LogP) is 2.28. The van der Waals surface area contributed by atoms with Gasteiger partial charge < -0.3 is 10.4 Å². The number of amides is 1. The van der Waals surface area contributed by atoms with Gasteiger partial charge in [-0.2, -0.15) is 0 Å². The lowest BCUT2D eigenvalue weighted by Crippen LogP contribution is -2.34. The minimum Gasteiger partial charge on any atom is -0.479 e. The topological polar surface area (TPSA) is 66.4 Å². The van der Waals surface area contributed by atoms with Gasteiger partial charge in [0, 0.05) is 5.57 Å². The fourth-order valence-electron chi connectivity index (χ4n) is 1.58. The summed E-state index contributed by atoms with van der Waals surface area (Å²) >= 11 is 0. The number of carbonyl (C=O) groups is 2. The molecule has 0 saturated heterocycles. The standard InChI is InChI=1S/C14H17NO3/c1-3-7-10(2)13(16)15-12(14(17)18)11-8-5-4-6-9-11/h4-9,12H,3H2,1-2H3,(H,15,16)(H,17,18)/b10-7+. The van der Waals surface area contributed by atoms with Gasteiger partial charge in [0.15, 0.2) is 6.04 Å². The van der Waals surface area contributed by atoms with E-state index in [0.29, 0.717) is 11.1 Å². The molecule has 4 heteroatoms. The summed E-state index contributed by atoms with van der Waals surface area (Å²) in [4.78, 5) is 23.0. The molecule has 1 rings (SSSR count). The van der Waals surface area contributed by atoms with Crippen molar-refractivity contribution < 1.29 is 14.7 Å². The molecule has 0 bridgehead atoms. The summed E-state index contributed by atoms with van der Waals surface area (Å²) in [5, 5.41) is 11.7. The molecule has 1 amide bonds. The van der Waals surface area contributed by atoms with E-state index < -0.39 is 12.0 Å². The minimum absolute atomic E-state index is 0.354. The quantitative estimate of drug-likeness (QED) is 0.784. The van der Waals surface area contributed by atoms with Crippen LogP contribution in [0.1, 0.15) is 31.9 Å². The van der Waals surface area contributed by atoms with Gasteiger partial charge in [-0.1, -0.05) is 43.3 Å². The van der Waals surface area contributed by atoms with Crippen molar-refractivity contribution in [3.8, 4) is 0 Å². The Morgan fingerprint density at radius 1 is 1.33 bits per heavy atom. The van der Waals surface area contributed by atoms with Gasteiger partial charge in [-0.05, 0) is 18.9 Å². The van der Waals surface area contributed by atoms with Crippen LogP contribution in [0.5, 0.6) is 0 Å². The second-order valence-electron chi connectivity index (χ2n) is 3.95. The van der Waals surface area contributed by atoms with E-state index in [9.17, 15) is 9.59 Å². The molecule has 0 fully saturated rings. The number of carboxylic acid groups (broad SMARTS) is 1. The summed E-state index contributed by atoms with van der Waals surface area (Å²) in [6.07, 6.45) is 2.50. The van der Waals surface area contributed by atoms with Crippen LogP contribution in [0, 0.1) is 0 Å². The SMILES string of the molecule is CC/C=C(\C)C(=O)NC(C(=O)O)c1ccccc1. The van der Waals surface area contributed by atoms with Crippen LogP contribution >= 0.6 is 0 Å².